The van der Waals surface area contributed by atoms with Crippen LogP contribution < -0.4 is 14.8 Å². The molecule has 27 heavy (non-hydrogen) atoms. The van der Waals surface area contributed by atoms with Crippen LogP contribution in [0.2, 0.25) is 5.02 Å². The SMILES string of the molecule is CCOCCCNCc1cc(Cl)c(OCc2cccnc2)c(OC)c1.Cl.Cl. The van der Waals surface area contributed by atoms with E-state index in [4.69, 9.17) is 25.8 Å². The Morgan fingerprint density at radius 2 is 2.00 bits per heavy atom. The number of rotatable bonds is 11. The molecular weight excluding hydrogens is 411 g/mol. The molecule has 152 valence electrons. The van der Waals surface area contributed by atoms with Gasteiger partial charge in [-0.2, -0.15) is 0 Å². The van der Waals surface area contributed by atoms with Crippen molar-refractivity contribution in [2.24, 2.45) is 0 Å². The van der Waals surface area contributed by atoms with Crippen LogP contribution in [0.25, 0.3) is 0 Å². The molecule has 0 fully saturated rings. The summed E-state index contributed by atoms with van der Waals surface area (Å²) in [5.74, 6) is 1.18. The van der Waals surface area contributed by atoms with Crippen molar-refractivity contribution in [3.63, 3.8) is 0 Å². The molecule has 0 bridgehead atoms. The van der Waals surface area contributed by atoms with Crippen molar-refractivity contribution in [3.8, 4) is 11.5 Å². The molecule has 0 atom stereocenters. The third-order valence-electron chi connectivity index (χ3n) is 3.57. The first-order valence-corrected chi connectivity index (χ1v) is 8.79. The molecule has 0 unspecified atom stereocenters. The first-order valence-electron chi connectivity index (χ1n) is 8.41. The predicted octanol–water partition coefficient (Wildman–Crippen LogP) is 4.68. The Labute approximate surface area is 178 Å². The summed E-state index contributed by atoms with van der Waals surface area (Å²) < 4.78 is 16.6. The normalized spacial score (nSPS) is 9.89. The van der Waals surface area contributed by atoms with Gasteiger partial charge in [0.1, 0.15) is 6.61 Å². The van der Waals surface area contributed by atoms with Crippen LogP contribution in [-0.2, 0) is 17.9 Å². The van der Waals surface area contributed by atoms with Gasteiger partial charge in [0.15, 0.2) is 11.5 Å². The second-order valence-corrected chi connectivity index (χ2v) is 5.89. The topological polar surface area (TPSA) is 52.6 Å². The zero-order valence-electron chi connectivity index (χ0n) is 15.6. The van der Waals surface area contributed by atoms with Gasteiger partial charge in [-0.15, -0.1) is 24.8 Å². The van der Waals surface area contributed by atoms with Gasteiger partial charge in [-0.05, 0) is 43.7 Å². The number of hydrogen-bond acceptors (Lipinski definition) is 5. The first kappa shape index (κ1) is 25.8. The van der Waals surface area contributed by atoms with Gasteiger partial charge in [0, 0.05) is 37.7 Å². The molecule has 0 amide bonds. The van der Waals surface area contributed by atoms with E-state index in [2.05, 4.69) is 10.3 Å². The van der Waals surface area contributed by atoms with Gasteiger partial charge < -0.3 is 19.5 Å². The number of benzene rings is 1. The summed E-state index contributed by atoms with van der Waals surface area (Å²) in [7, 11) is 1.61. The summed E-state index contributed by atoms with van der Waals surface area (Å²) in [4.78, 5) is 4.08. The van der Waals surface area contributed by atoms with Crippen molar-refractivity contribution in [3.05, 3.63) is 52.8 Å². The van der Waals surface area contributed by atoms with Crippen molar-refractivity contribution in [2.75, 3.05) is 26.9 Å². The Morgan fingerprint density at radius 1 is 1.19 bits per heavy atom. The number of pyridine rings is 1. The molecule has 0 radical (unpaired) electrons. The maximum atomic E-state index is 6.39. The molecule has 1 heterocycles. The fourth-order valence-electron chi connectivity index (χ4n) is 2.33. The molecule has 1 aromatic heterocycles. The van der Waals surface area contributed by atoms with E-state index in [1.54, 1.807) is 19.5 Å². The van der Waals surface area contributed by atoms with Crippen molar-refractivity contribution in [1.29, 1.82) is 0 Å². The Bertz CT molecular complexity index is 646. The third kappa shape index (κ3) is 9.00. The van der Waals surface area contributed by atoms with Gasteiger partial charge in [0.2, 0.25) is 0 Å². The second kappa shape index (κ2) is 14.8. The lowest BCUT2D eigenvalue weighted by Gasteiger charge is -2.14. The molecule has 1 aromatic carbocycles. The van der Waals surface area contributed by atoms with Crippen molar-refractivity contribution >= 4 is 36.4 Å². The molecule has 2 aromatic rings. The van der Waals surface area contributed by atoms with Crippen LogP contribution >= 0.6 is 36.4 Å². The summed E-state index contributed by atoms with van der Waals surface area (Å²) in [6, 6.07) is 7.67. The molecule has 5 nitrogen and oxygen atoms in total. The predicted molar refractivity (Wildman–Crippen MR) is 114 cm³/mol. The lowest BCUT2D eigenvalue weighted by atomic mass is 10.2. The van der Waals surface area contributed by atoms with E-state index in [9.17, 15) is 0 Å². The van der Waals surface area contributed by atoms with Crippen molar-refractivity contribution < 1.29 is 14.2 Å². The van der Waals surface area contributed by atoms with Gasteiger partial charge in [0.05, 0.1) is 12.1 Å². The highest BCUT2D eigenvalue weighted by molar-refractivity contribution is 6.32. The number of hydrogen-bond donors (Lipinski definition) is 1. The average Bonchev–Trinajstić information content (AvgIpc) is 2.64. The summed E-state index contributed by atoms with van der Waals surface area (Å²) >= 11 is 6.39. The van der Waals surface area contributed by atoms with Gasteiger partial charge >= 0.3 is 0 Å². The van der Waals surface area contributed by atoms with Gasteiger partial charge in [-0.25, -0.2) is 0 Å². The summed E-state index contributed by atoms with van der Waals surface area (Å²) in [6.07, 6.45) is 4.47. The lowest BCUT2D eigenvalue weighted by molar-refractivity contribution is 0.144. The van der Waals surface area contributed by atoms with E-state index < -0.39 is 0 Å². The standard InChI is InChI=1S/C19H25ClN2O3.2ClH/c1-3-24-9-5-8-22-13-16-10-17(20)19(18(11-16)23-2)25-14-15-6-4-7-21-12-15;;/h4,6-7,10-12,22H,3,5,8-9,13-14H2,1-2H3;2*1H. The van der Waals surface area contributed by atoms with Crippen molar-refractivity contribution in [2.45, 2.75) is 26.5 Å². The monoisotopic (exact) mass is 436 g/mol. The molecule has 0 saturated heterocycles. The summed E-state index contributed by atoms with van der Waals surface area (Å²) in [5.41, 5.74) is 2.02. The van der Waals surface area contributed by atoms with Gasteiger partial charge in [-0.3, -0.25) is 4.98 Å². The highest BCUT2D eigenvalue weighted by atomic mass is 35.5. The number of nitrogens with one attached hydrogen (secondary N) is 1. The minimum Gasteiger partial charge on any atom is -0.493 e. The summed E-state index contributed by atoms with van der Waals surface area (Å²) in [6.45, 7) is 5.52. The van der Waals surface area contributed by atoms with Crippen LogP contribution in [0.1, 0.15) is 24.5 Å². The van der Waals surface area contributed by atoms with Crippen LogP contribution in [0.5, 0.6) is 11.5 Å². The maximum Gasteiger partial charge on any atom is 0.180 e. The molecule has 0 aliphatic heterocycles. The van der Waals surface area contributed by atoms with Gasteiger partial charge in [-0.1, -0.05) is 17.7 Å². The largest absolute Gasteiger partial charge is 0.493 e. The second-order valence-electron chi connectivity index (χ2n) is 5.49. The maximum absolute atomic E-state index is 6.39. The third-order valence-corrected chi connectivity index (χ3v) is 3.85. The molecule has 0 aliphatic carbocycles. The Morgan fingerprint density at radius 3 is 2.67 bits per heavy atom. The summed E-state index contributed by atoms with van der Waals surface area (Å²) in [5, 5.41) is 3.91. The average molecular weight is 438 g/mol. The Kier molecular flexibility index (Phi) is 14.1. The zero-order valence-corrected chi connectivity index (χ0v) is 18.0. The van der Waals surface area contributed by atoms with E-state index in [0.29, 0.717) is 29.7 Å². The van der Waals surface area contributed by atoms with E-state index in [1.165, 1.54) is 0 Å². The number of ether oxygens (including phenoxy) is 3. The number of halogens is 3. The lowest BCUT2D eigenvalue weighted by Crippen LogP contribution is -2.16. The van der Waals surface area contributed by atoms with E-state index in [0.717, 1.165) is 37.3 Å². The quantitative estimate of drug-likeness (QED) is 0.517. The molecule has 0 aliphatic rings. The zero-order chi connectivity index (χ0) is 17.9. The first-order chi connectivity index (χ1) is 12.2. The van der Waals surface area contributed by atoms with Crippen LogP contribution in [0.3, 0.4) is 0 Å². The number of methoxy groups -OCH3 is 1. The van der Waals surface area contributed by atoms with E-state index in [1.807, 2.05) is 31.2 Å². The highest BCUT2D eigenvalue weighted by Crippen LogP contribution is 2.36. The van der Waals surface area contributed by atoms with Crippen molar-refractivity contribution in [1.82, 2.24) is 10.3 Å². The van der Waals surface area contributed by atoms with E-state index >= 15 is 0 Å². The number of nitrogens with zero attached hydrogens (tertiary/aromatic N) is 1. The Hall–Kier alpha value is -1.24. The molecule has 0 saturated carbocycles. The van der Waals surface area contributed by atoms with Crippen LogP contribution in [0, 0.1) is 0 Å². The van der Waals surface area contributed by atoms with Gasteiger partial charge in [0.25, 0.3) is 0 Å². The number of aromatic nitrogens is 1. The van der Waals surface area contributed by atoms with Crippen LogP contribution in [0.15, 0.2) is 36.7 Å². The smallest absolute Gasteiger partial charge is 0.180 e. The van der Waals surface area contributed by atoms with E-state index in [-0.39, 0.29) is 24.8 Å². The fraction of sp³-hybridized carbons (Fsp3) is 0.421. The molecule has 0 spiro atoms. The molecular formula is C19H27Cl3N2O3. The minimum absolute atomic E-state index is 0. The van der Waals surface area contributed by atoms with Crippen LogP contribution in [0.4, 0.5) is 0 Å². The molecule has 2 rings (SSSR count). The molecule has 1 N–H and O–H groups in total. The van der Waals surface area contributed by atoms with Crippen LogP contribution in [-0.4, -0.2) is 31.9 Å². The minimum atomic E-state index is 0. The Balaban J connectivity index is 0.00000338. The fourth-order valence-corrected chi connectivity index (χ4v) is 2.62. The molecule has 8 heteroatoms. The highest BCUT2D eigenvalue weighted by Gasteiger charge is 2.12.